The lowest BCUT2D eigenvalue weighted by Crippen LogP contribution is -2.27. The Bertz CT molecular complexity index is 944. The molecule has 0 radical (unpaired) electrons. The molecule has 144 valence electrons. The molecular weight excluding hydrogens is 352 g/mol. The minimum absolute atomic E-state index is 0.0224. The molecule has 1 unspecified atom stereocenters. The molecule has 9 nitrogen and oxygen atoms in total. The van der Waals surface area contributed by atoms with Gasteiger partial charge in [0.05, 0.1) is 12.7 Å². The second-order valence-corrected chi connectivity index (χ2v) is 6.64. The average Bonchev–Trinajstić information content (AvgIpc) is 2.95. The average molecular weight is 374 g/mol. The number of carbonyl (C=O) groups is 2. The fourth-order valence-corrected chi connectivity index (χ4v) is 3.23. The van der Waals surface area contributed by atoms with Crippen LogP contribution in [0.25, 0.3) is 0 Å². The molecule has 0 saturated heterocycles. The smallest absolute Gasteiger partial charge is 0.270 e. The molecule has 27 heavy (non-hydrogen) atoms. The summed E-state index contributed by atoms with van der Waals surface area (Å²) in [7, 11) is 1.48. The van der Waals surface area contributed by atoms with E-state index in [1.54, 1.807) is 22.9 Å². The first-order valence-electron chi connectivity index (χ1n) is 8.55. The molecule has 0 spiro atoms. The number of carbonyl (C=O) groups excluding carboxylic acids is 2. The molecule has 1 aromatic carbocycles. The van der Waals surface area contributed by atoms with E-state index in [-0.39, 0.29) is 30.5 Å². The summed E-state index contributed by atoms with van der Waals surface area (Å²) in [5.41, 5.74) is 6.09. The van der Waals surface area contributed by atoms with Crippen molar-refractivity contribution in [1.29, 1.82) is 0 Å². The third-order valence-electron chi connectivity index (χ3n) is 4.43. The Morgan fingerprint density at radius 2 is 2.07 bits per heavy atom. The monoisotopic (exact) mass is 374 g/mol. The van der Waals surface area contributed by atoms with Gasteiger partial charge in [0.15, 0.2) is 18.1 Å². The highest BCUT2D eigenvalue weighted by Gasteiger charge is 2.33. The molecule has 0 fully saturated rings. The fourth-order valence-electron chi connectivity index (χ4n) is 3.23. The van der Waals surface area contributed by atoms with E-state index in [2.05, 4.69) is 10.4 Å². The van der Waals surface area contributed by atoms with Gasteiger partial charge in [-0.15, -0.1) is 0 Å². The van der Waals surface area contributed by atoms with E-state index in [0.717, 1.165) is 0 Å². The molecule has 9 heteroatoms. The van der Waals surface area contributed by atoms with E-state index in [4.69, 9.17) is 15.2 Å². The topological polar surface area (TPSA) is 128 Å². The van der Waals surface area contributed by atoms with E-state index in [0.29, 0.717) is 28.4 Å². The van der Waals surface area contributed by atoms with Gasteiger partial charge < -0.3 is 20.5 Å². The van der Waals surface area contributed by atoms with Crippen LogP contribution in [0.15, 0.2) is 23.0 Å². The molecule has 1 atom stereocenters. The van der Waals surface area contributed by atoms with Gasteiger partial charge in [-0.05, 0) is 31.5 Å². The second kappa shape index (κ2) is 7.18. The number of aromatic amines is 1. The molecule has 0 aliphatic carbocycles. The van der Waals surface area contributed by atoms with Crippen LogP contribution in [0.5, 0.6) is 11.5 Å². The molecule has 0 bridgehead atoms. The van der Waals surface area contributed by atoms with Gasteiger partial charge >= 0.3 is 0 Å². The molecule has 1 aliphatic rings. The summed E-state index contributed by atoms with van der Waals surface area (Å²) in [6, 6.07) is 5.09. The van der Waals surface area contributed by atoms with Crippen molar-refractivity contribution in [2.75, 3.05) is 19.0 Å². The van der Waals surface area contributed by atoms with Crippen molar-refractivity contribution in [3.63, 3.8) is 0 Å². The van der Waals surface area contributed by atoms with Crippen molar-refractivity contribution < 1.29 is 19.1 Å². The zero-order valence-electron chi connectivity index (χ0n) is 15.4. The van der Waals surface area contributed by atoms with Gasteiger partial charge in [-0.25, -0.2) is 0 Å². The maximum Gasteiger partial charge on any atom is 0.270 e. The third-order valence-corrected chi connectivity index (χ3v) is 4.43. The largest absolute Gasteiger partial charge is 0.493 e. The highest BCUT2D eigenvalue weighted by Crippen LogP contribution is 2.39. The van der Waals surface area contributed by atoms with Gasteiger partial charge in [0.2, 0.25) is 5.91 Å². The number of anilines is 1. The Kier molecular flexibility index (Phi) is 4.93. The van der Waals surface area contributed by atoms with Crippen molar-refractivity contribution in [1.82, 2.24) is 9.78 Å². The SMILES string of the molecule is COc1ccc(C2CC(=O)Nc3c2c(=O)[nH]n3C(C)C)cc1OCC(N)=O. The van der Waals surface area contributed by atoms with Crippen LogP contribution in [0.2, 0.25) is 0 Å². The number of hydrogen-bond acceptors (Lipinski definition) is 5. The molecule has 2 amide bonds. The van der Waals surface area contributed by atoms with E-state index in [1.165, 1.54) is 7.11 Å². The van der Waals surface area contributed by atoms with E-state index in [1.807, 2.05) is 13.8 Å². The quantitative estimate of drug-likeness (QED) is 0.697. The maximum absolute atomic E-state index is 12.6. The van der Waals surface area contributed by atoms with Gasteiger partial charge in [-0.3, -0.25) is 24.2 Å². The van der Waals surface area contributed by atoms with Gasteiger partial charge in [-0.1, -0.05) is 6.07 Å². The predicted octanol–water partition coefficient (Wildman–Crippen LogP) is 1.10. The normalized spacial score (nSPS) is 16.0. The Morgan fingerprint density at radius 1 is 1.33 bits per heavy atom. The van der Waals surface area contributed by atoms with Crippen LogP contribution in [-0.2, 0) is 9.59 Å². The van der Waals surface area contributed by atoms with Gasteiger partial charge in [0.1, 0.15) is 5.82 Å². The summed E-state index contributed by atoms with van der Waals surface area (Å²) < 4.78 is 12.3. The van der Waals surface area contributed by atoms with Crippen molar-refractivity contribution >= 4 is 17.6 Å². The highest BCUT2D eigenvalue weighted by molar-refractivity contribution is 5.94. The van der Waals surface area contributed by atoms with E-state index in [9.17, 15) is 14.4 Å². The molecule has 3 rings (SSSR count). The number of nitrogens with two attached hydrogens (primary N) is 1. The van der Waals surface area contributed by atoms with Crippen LogP contribution in [0.1, 0.15) is 43.4 Å². The number of methoxy groups -OCH3 is 1. The number of nitrogens with zero attached hydrogens (tertiary/aromatic N) is 1. The van der Waals surface area contributed by atoms with Crippen LogP contribution >= 0.6 is 0 Å². The summed E-state index contributed by atoms with van der Waals surface area (Å²) >= 11 is 0. The first-order chi connectivity index (χ1) is 12.8. The minimum atomic E-state index is -0.618. The summed E-state index contributed by atoms with van der Waals surface area (Å²) in [5, 5.41) is 5.56. The first-order valence-corrected chi connectivity index (χ1v) is 8.55. The van der Waals surface area contributed by atoms with Gasteiger partial charge in [-0.2, -0.15) is 0 Å². The van der Waals surface area contributed by atoms with Crippen molar-refractivity contribution in [3.8, 4) is 11.5 Å². The third kappa shape index (κ3) is 3.53. The standard InChI is InChI=1S/C18H22N4O5/c1-9(2)22-17-16(18(25)21-22)11(7-15(24)20-17)10-4-5-12(26-3)13(6-10)27-8-14(19)23/h4-6,9,11H,7-8H2,1-3H3,(H2,19,23)(H,20,24)(H,21,25). The lowest BCUT2D eigenvalue weighted by Gasteiger charge is -2.24. The molecule has 4 N–H and O–H groups in total. The number of H-pyrrole nitrogens is 1. The van der Waals surface area contributed by atoms with Crippen molar-refractivity contribution in [3.05, 3.63) is 39.7 Å². The molecule has 2 heterocycles. The highest BCUT2D eigenvalue weighted by atomic mass is 16.5. The summed E-state index contributed by atoms with van der Waals surface area (Å²) in [4.78, 5) is 35.8. The Labute approximate surface area is 155 Å². The number of amides is 2. The fraction of sp³-hybridized carbons (Fsp3) is 0.389. The number of hydrogen-bond donors (Lipinski definition) is 3. The van der Waals surface area contributed by atoms with Crippen LogP contribution in [0.3, 0.4) is 0 Å². The summed E-state index contributed by atoms with van der Waals surface area (Å²) in [6.07, 6.45) is 0.125. The molecule has 2 aromatic rings. The van der Waals surface area contributed by atoms with Gasteiger partial charge in [0.25, 0.3) is 11.5 Å². The van der Waals surface area contributed by atoms with Crippen LogP contribution in [-0.4, -0.2) is 35.3 Å². The lowest BCUT2D eigenvalue weighted by molar-refractivity contribution is -0.120. The van der Waals surface area contributed by atoms with Crippen LogP contribution in [0.4, 0.5) is 5.82 Å². The number of rotatable bonds is 6. The Morgan fingerprint density at radius 3 is 2.70 bits per heavy atom. The number of fused-ring (bicyclic) bond motifs is 1. The van der Waals surface area contributed by atoms with E-state index < -0.39 is 11.8 Å². The van der Waals surface area contributed by atoms with Crippen molar-refractivity contribution in [2.45, 2.75) is 32.2 Å². The number of nitrogens with one attached hydrogen (secondary N) is 2. The second-order valence-electron chi connectivity index (χ2n) is 6.64. The molecule has 0 saturated carbocycles. The Balaban J connectivity index is 2.07. The number of benzene rings is 1. The van der Waals surface area contributed by atoms with Crippen LogP contribution in [0, 0.1) is 0 Å². The zero-order valence-corrected chi connectivity index (χ0v) is 15.4. The minimum Gasteiger partial charge on any atom is -0.493 e. The number of primary amides is 1. The van der Waals surface area contributed by atoms with Gasteiger partial charge in [0, 0.05) is 18.4 Å². The molecular formula is C18H22N4O5. The summed E-state index contributed by atoms with van der Waals surface area (Å²) in [5.74, 6) is -0.0234. The number of ether oxygens (including phenoxy) is 2. The first kappa shape index (κ1) is 18.6. The summed E-state index contributed by atoms with van der Waals surface area (Å²) in [6.45, 7) is 3.52. The Hall–Kier alpha value is -3.23. The van der Waals surface area contributed by atoms with Crippen LogP contribution < -0.4 is 26.1 Å². The zero-order chi connectivity index (χ0) is 19.7. The predicted molar refractivity (Wildman–Crippen MR) is 98.2 cm³/mol. The molecule has 1 aromatic heterocycles. The number of aromatic nitrogens is 2. The molecule has 1 aliphatic heterocycles. The lowest BCUT2D eigenvalue weighted by atomic mass is 9.87. The van der Waals surface area contributed by atoms with Crippen molar-refractivity contribution in [2.24, 2.45) is 5.73 Å². The maximum atomic E-state index is 12.6. The van der Waals surface area contributed by atoms with E-state index >= 15 is 0 Å².